The molecule has 0 unspecified atom stereocenters. The van der Waals surface area contributed by atoms with Gasteiger partial charge < -0.3 is 19.3 Å². The number of anilines is 2. The number of nitrogens with zero attached hydrogens (tertiary/aromatic N) is 4. The van der Waals surface area contributed by atoms with E-state index in [0.717, 1.165) is 84.5 Å². The monoisotopic (exact) mass is 572 g/mol. The highest BCUT2D eigenvalue weighted by Crippen LogP contribution is 2.32. The zero-order valence-electron chi connectivity index (χ0n) is 23.9. The van der Waals surface area contributed by atoms with Crippen molar-refractivity contribution in [2.75, 3.05) is 38.3 Å². The number of imidazole rings is 1. The van der Waals surface area contributed by atoms with E-state index in [4.69, 9.17) is 21.3 Å². The number of hydrogen-bond donors (Lipinski definition) is 1. The summed E-state index contributed by atoms with van der Waals surface area (Å²) in [5, 5.41) is 10.0. The van der Waals surface area contributed by atoms with Crippen LogP contribution in [0.25, 0.3) is 17.1 Å². The minimum atomic E-state index is -0.920. The number of carbonyl (C=O) groups is 1. The van der Waals surface area contributed by atoms with Gasteiger partial charge in [0.25, 0.3) is 0 Å². The van der Waals surface area contributed by atoms with Crippen LogP contribution in [-0.4, -0.2) is 58.9 Å². The number of halogens is 1. The average molecular weight is 573 g/mol. The fourth-order valence-electron chi connectivity index (χ4n) is 5.08. The van der Waals surface area contributed by atoms with Gasteiger partial charge in [-0.25, -0.2) is 9.78 Å². The van der Waals surface area contributed by atoms with Gasteiger partial charge in [-0.3, -0.25) is 4.90 Å². The van der Waals surface area contributed by atoms with Crippen LogP contribution in [0.15, 0.2) is 66.2 Å². The lowest BCUT2D eigenvalue weighted by Gasteiger charge is -2.28. The molecule has 3 aromatic carbocycles. The molecule has 8 heteroatoms. The smallest absolute Gasteiger partial charge is 0.335 e. The number of ether oxygens (including phenoxy) is 1. The number of aryl methyl sites for hydroxylation is 2. The van der Waals surface area contributed by atoms with E-state index < -0.39 is 5.97 Å². The fourth-order valence-corrected chi connectivity index (χ4v) is 5.45. The van der Waals surface area contributed by atoms with Gasteiger partial charge in [0.15, 0.2) is 0 Å². The highest BCUT2D eigenvalue weighted by atomic mass is 35.5. The summed E-state index contributed by atoms with van der Waals surface area (Å²) in [4.78, 5) is 20.6. The number of benzene rings is 3. The Kier molecular flexibility index (Phi) is 9.08. The quantitative estimate of drug-likeness (QED) is 0.266. The summed E-state index contributed by atoms with van der Waals surface area (Å²) < 4.78 is 6.73. The second-order valence-corrected chi connectivity index (χ2v) is 11.2. The molecule has 41 heavy (non-hydrogen) atoms. The Bertz CT molecular complexity index is 1560. The maximum absolute atomic E-state index is 11.3. The first-order valence-electron chi connectivity index (χ1n) is 14.1. The first-order chi connectivity index (χ1) is 19.8. The Balaban J connectivity index is 0.000000777. The van der Waals surface area contributed by atoms with Crippen LogP contribution in [0.5, 0.6) is 0 Å². The molecule has 0 spiro atoms. The summed E-state index contributed by atoms with van der Waals surface area (Å²) in [6.45, 7) is 6.73. The average Bonchev–Trinajstić information content (AvgIpc) is 3.23. The largest absolute Gasteiger partial charge is 0.478 e. The number of carboxylic acid groups (broad SMARTS) is 1. The Hall–Kier alpha value is -3.65. The molecule has 0 saturated carbocycles. The second-order valence-electron chi connectivity index (χ2n) is 10.7. The number of rotatable bonds is 6. The van der Waals surface area contributed by atoms with Gasteiger partial charge in [0.1, 0.15) is 5.82 Å². The third-order valence-corrected chi connectivity index (χ3v) is 8.06. The number of piperidine rings is 1. The molecule has 7 nitrogen and oxygen atoms in total. The Morgan fingerprint density at radius 3 is 2.49 bits per heavy atom. The number of likely N-dealkylation sites (tertiary alicyclic amines) is 1. The van der Waals surface area contributed by atoms with Gasteiger partial charge in [-0.15, -0.1) is 0 Å². The van der Waals surface area contributed by atoms with E-state index in [1.807, 2.05) is 31.7 Å². The van der Waals surface area contributed by atoms with Crippen LogP contribution in [-0.2, 0) is 18.3 Å². The molecule has 3 heterocycles. The van der Waals surface area contributed by atoms with E-state index in [9.17, 15) is 9.90 Å². The molecule has 0 atom stereocenters. The number of aromatic carboxylic acids is 1. The van der Waals surface area contributed by atoms with Crippen LogP contribution in [0.4, 0.5) is 11.4 Å². The molecule has 4 aromatic rings. The molecule has 2 fully saturated rings. The minimum absolute atomic E-state index is 0.284. The van der Waals surface area contributed by atoms with Gasteiger partial charge in [0.2, 0.25) is 0 Å². The van der Waals surface area contributed by atoms with Crippen LogP contribution < -0.4 is 4.90 Å². The zero-order chi connectivity index (χ0) is 28.9. The van der Waals surface area contributed by atoms with Gasteiger partial charge in [0.05, 0.1) is 33.9 Å². The number of fused-ring (bicyclic) bond motifs is 1. The lowest BCUT2D eigenvalue weighted by atomic mass is 10.0. The van der Waals surface area contributed by atoms with Gasteiger partial charge in [-0.2, -0.15) is 0 Å². The molecule has 0 aliphatic carbocycles. The summed E-state index contributed by atoms with van der Waals surface area (Å²) in [6, 6.07) is 19.8. The van der Waals surface area contributed by atoms with Crippen molar-refractivity contribution in [2.45, 2.75) is 32.7 Å². The molecule has 6 rings (SSSR count). The molecule has 1 aromatic heterocycles. The van der Waals surface area contributed by atoms with Crippen molar-refractivity contribution in [3.8, 4) is 0 Å². The first-order valence-corrected chi connectivity index (χ1v) is 14.4. The molecule has 2 aliphatic rings. The Morgan fingerprint density at radius 1 is 1.10 bits per heavy atom. The highest BCUT2D eigenvalue weighted by molar-refractivity contribution is 6.33. The van der Waals surface area contributed by atoms with Gasteiger partial charge in [-0.05, 0) is 79.8 Å². The minimum Gasteiger partial charge on any atom is -0.478 e. The SMILES string of the molecule is C1COC1.Cc1ccc(N(C)c2cccc(C=C3CCN(Cc4nc5ccc(C(=O)O)cc5n4C)CC3)c2)c(Cl)c1. The predicted molar refractivity (Wildman–Crippen MR) is 166 cm³/mol. The van der Waals surface area contributed by atoms with E-state index in [2.05, 4.69) is 52.3 Å². The van der Waals surface area contributed by atoms with Crippen LogP contribution in [0, 0.1) is 6.92 Å². The van der Waals surface area contributed by atoms with Gasteiger partial charge in [0, 0.05) is 46.1 Å². The fraction of sp³-hybridized carbons (Fsp3) is 0.333. The summed E-state index contributed by atoms with van der Waals surface area (Å²) in [5.41, 5.74) is 7.85. The van der Waals surface area contributed by atoms with E-state index >= 15 is 0 Å². The summed E-state index contributed by atoms with van der Waals surface area (Å²) in [6.07, 6.45) is 5.61. The van der Waals surface area contributed by atoms with Crippen molar-refractivity contribution in [3.05, 3.63) is 93.8 Å². The molecule has 0 bridgehead atoms. The Morgan fingerprint density at radius 2 is 1.83 bits per heavy atom. The molecule has 1 N–H and O–H groups in total. The zero-order valence-corrected chi connectivity index (χ0v) is 24.7. The molecule has 0 radical (unpaired) electrons. The molecule has 2 saturated heterocycles. The van der Waals surface area contributed by atoms with E-state index in [0.29, 0.717) is 0 Å². The molecular weight excluding hydrogens is 536 g/mol. The summed E-state index contributed by atoms with van der Waals surface area (Å²) in [5.74, 6) is 0.0339. The van der Waals surface area contributed by atoms with Crippen LogP contribution in [0.3, 0.4) is 0 Å². The summed E-state index contributed by atoms with van der Waals surface area (Å²) >= 11 is 6.51. The number of hydrogen-bond acceptors (Lipinski definition) is 5. The summed E-state index contributed by atoms with van der Waals surface area (Å²) in [7, 11) is 4.00. The third kappa shape index (κ3) is 6.99. The van der Waals surface area contributed by atoms with Crippen molar-refractivity contribution in [1.82, 2.24) is 14.5 Å². The maximum atomic E-state index is 11.3. The number of aromatic nitrogens is 2. The van der Waals surface area contributed by atoms with E-state index in [-0.39, 0.29) is 5.56 Å². The molecule has 0 amide bonds. The van der Waals surface area contributed by atoms with Crippen molar-refractivity contribution in [1.29, 1.82) is 0 Å². The molecule has 214 valence electrons. The van der Waals surface area contributed by atoms with Gasteiger partial charge in [-0.1, -0.05) is 41.4 Å². The van der Waals surface area contributed by atoms with Crippen molar-refractivity contribution in [3.63, 3.8) is 0 Å². The second kappa shape index (κ2) is 12.9. The van der Waals surface area contributed by atoms with Crippen LogP contribution in [0.2, 0.25) is 5.02 Å². The van der Waals surface area contributed by atoms with Crippen molar-refractivity contribution < 1.29 is 14.6 Å². The molecule has 2 aliphatic heterocycles. The number of carboxylic acids is 1. The van der Waals surface area contributed by atoms with Crippen LogP contribution in [0.1, 0.15) is 46.6 Å². The lowest BCUT2D eigenvalue weighted by molar-refractivity contribution is 0.0367. The normalized spacial score (nSPS) is 15.2. The maximum Gasteiger partial charge on any atom is 0.335 e. The van der Waals surface area contributed by atoms with E-state index in [1.54, 1.807) is 18.2 Å². The van der Waals surface area contributed by atoms with E-state index in [1.165, 1.54) is 17.6 Å². The lowest BCUT2D eigenvalue weighted by Crippen LogP contribution is -2.31. The molecular formula is C33H37ClN4O3. The third-order valence-electron chi connectivity index (χ3n) is 7.75. The predicted octanol–water partition coefficient (Wildman–Crippen LogP) is 7.09. The highest BCUT2D eigenvalue weighted by Gasteiger charge is 2.18. The van der Waals surface area contributed by atoms with Crippen LogP contribution >= 0.6 is 11.6 Å². The van der Waals surface area contributed by atoms with Crippen molar-refractivity contribution in [2.24, 2.45) is 7.05 Å². The standard InChI is InChI=1S/C30H31ClN4O2.C3H6O/c1-20-7-10-27(25(31)15-20)33(2)24-6-4-5-22(17-24)16-21-11-13-35(14-12-21)19-29-32-26-9-8-23(30(36)37)18-28(26)34(29)3;1-2-4-3-1/h4-10,15-18H,11-14,19H2,1-3H3,(H,36,37);1-3H2. The van der Waals surface area contributed by atoms with Crippen molar-refractivity contribution >= 4 is 46.1 Å². The first kappa shape index (κ1) is 28.9. The Labute approximate surface area is 246 Å². The van der Waals surface area contributed by atoms with Gasteiger partial charge >= 0.3 is 5.97 Å². The topological polar surface area (TPSA) is 70.8 Å².